The van der Waals surface area contributed by atoms with Crippen LogP contribution in [0.3, 0.4) is 0 Å². The molecule has 0 radical (unpaired) electrons. The molecular weight excluding hydrogens is 370 g/mol. The van der Waals surface area contributed by atoms with E-state index in [0.717, 1.165) is 43.3 Å². The molecule has 0 fully saturated rings. The summed E-state index contributed by atoms with van der Waals surface area (Å²) in [5, 5.41) is 12.7. The van der Waals surface area contributed by atoms with Crippen LogP contribution in [0.15, 0.2) is 59.0 Å². The van der Waals surface area contributed by atoms with Crippen LogP contribution in [0.25, 0.3) is 10.9 Å². The maximum Gasteiger partial charge on any atom is 0.261 e. The minimum absolute atomic E-state index is 0.00459. The molecular formula is C21H27N5OS. The zero-order valence-electron chi connectivity index (χ0n) is 16.1. The van der Waals surface area contributed by atoms with Gasteiger partial charge in [-0.2, -0.15) is 0 Å². The molecule has 0 saturated carbocycles. The van der Waals surface area contributed by atoms with E-state index in [4.69, 9.17) is 0 Å². The maximum atomic E-state index is 11.9. The number of hydrogen-bond donors (Lipinski definition) is 3. The smallest absolute Gasteiger partial charge is 0.261 e. The van der Waals surface area contributed by atoms with Gasteiger partial charge in [-0.05, 0) is 41.8 Å². The largest absolute Gasteiger partial charge is 0.356 e. The number of fused-ring (bicyclic) bond motifs is 1. The highest BCUT2D eigenvalue weighted by atomic mass is 32.1. The van der Waals surface area contributed by atoms with Gasteiger partial charge in [0.1, 0.15) is 0 Å². The van der Waals surface area contributed by atoms with Gasteiger partial charge in [0.05, 0.1) is 4.88 Å². The first-order chi connectivity index (χ1) is 13.8. The Labute approximate surface area is 169 Å². The van der Waals surface area contributed by atoms with Crippen molar-refractivity contribution in [3.63, 3.8) is 0 Å². The van der Waals surface area contributed by atoms with Crippen molar-refractivity contribution in [2.24, 2.45) is 4.99 Å². The highest BCUT2D eigenvalue weighted by Crippen LogP contribution is 2.15. The first-order valence-corrected chi connectivity index (χ1v) is 10.5. The van der Waals surface area contributed by atoms with E-state index >= 15 is 0 Å². The summed E-state index contributed by atoms with van der Waals surface area (Å²) >= 11 is 1.46. The van der Waals surface area contributed by atoms with E-state index in [2.05, 4.69) is 62.0 Å². The zero-order chi connectivity index (χ0) is 19.6. The van der Waals surface area contributed by atoms with Gasteiger partial charge in [-0.15, -0.1) is 11.3 Å². The van der Waals surface area contributed by atoms with Gasteiger partial charge in [-0.3, -0.25) is 9.79 Å². The second-order valence-electron chi connectivity index (χ2n) is 6.43. The number of aliphatic imine (C=N–C) groups is 1. The van der Waals surface area contributed by atoms with Crippen LogP contribution < -0.4 is 16.0 Å². The summed E-state index contributed by atoms with van der Waals surface area (Å²) in [6, 6.07) is 14.3. The molecule has 3 rings (SSSR count). The molecule has 0 atom stereocenters. The number of hydrogen-bond acceptors (Lipinski definition) is 3. The molecule has 148 valence electrons. The van der Waals surface area contributed by atoms with Gasteiger partial charge in [0, 0.05) is 44.9 Å². The predicted octanol–water partition coefficient (Wildman–Crippen LogP) is 3.08. The fourth-order valence-electron chi connectivity index (χ4n) is 3.00. The van der Waals surface area contributed by atoms with Crippen LogP contribution in [0.4, 0.5) is 0 Å². The van der Waals surface area contributed by atoms with Crippen molar-refractivity contribution in [3.05, 3.63) is 58.9 Å². The number of amides is 1. The Morgan fingerprint density at radius 2 is 1.79 bits per heavy atom. The third-order valence-electron chi connectivity index (χ3n) is 4.45. The van der Waals surface area contributed by atoms with Crippen molar-refractivity contribution in [3.8, 4) is 0 Å². The van der Waals surface area contributed by atoms with E-state index < -0.39 is 0 Å². The van der Waals surface area contributed by atoms with Crippen molar-refractivity contribution in [2.45, 2.75) is 19.4 Å². The van der Waals surface area contributed by atoms with Gasteiger partial charge < -0.3 is 20.5 Å². The SMILES string of the molecule is CN=C(NCCCNC(=O)c1cccs1)NCCCn1ccc2ccccc21. The number of carbonyl (C=O) groups excluding carboxylic acids is 1. The molecule has 2 heterocycles. The molecule has 0 unspecified atom stereocenters. The lowest BCUT2D eigenvalue weighted by molar-refractivity contribution is 0.0957. The third kappa shape index (κ3) is 5.60. The van der Waals surface area contributed by atoms with E-state index in [1.54, 1.807) is 7.05 Å². The van der Waals surface area contributed by atoms with Crippen molar-refractivity contribution in [2.75, 3.05) is 26.7 Å². The Morgan fingerprint density at radius 1 is 1.00 bits per heavy atom. The van der Waals surface area contributed by atoms with Crippen molar-refractivity contribution in [1.29, 1.82) is 0 Å². The van der Waals surface area contributed by atoms with Crippen LogP contribution in [0, 0.1) is 0 Å². The molecule has 0 aliphatic rings. The van der Waals surface area contributed by atoms with Gasteiger partial charge >= 0.3 is 0 Å². The number of guanidine groups is 1. The molecule has 2 aromatic heterocycles. The van der Waals surface area contributed by atoms with Gasteiger partial charge in [0.25, 0.3) is 5.91 Å². The Balaban J connectivity index is 1.29. The summed E-state index contributed by atoms with van der Waals surface area (Å²) < 4.78 is 2.28. The summed E-state index contributed by atoms with van der Waals surface area (Å²) in [5.74, 6) is 0.789. The number of nitrogens with zero attached hydrogens (tertiary/aromatic N) is 2. The highest BCUT2D eigenvalue weighted by molar-refractivity contribution is 7.12. The second kappa shape index (κ2) is 10.5. The normalized spacial score (nSPS) is 11.5. The predicted molar refractivity (Wildman–Crippen MR) is 117 cm³/mol. The number of aromatic nitrogens is 1. The first-order valence-electron chi connectivity index (χ1n) is 9.58. The lowest BCUT2D eigenvalue weighted by Gasteiger charge is -2.12. The van der Waals surface area contributed by atoms with Gasteiger partial charge in [-0.1, -0.05) is 24.3 Å². The molecule has 6 nitrogen and oxygen atoms in total. The van der Waals surface area contributed by atoms with Crippen LogP contribution in [-0.4, -0.2) is 43.1 Å². The summed E-state index contributed by atoms with van der Waals surface area (Å²) in [6.45, 7) is 3.21. The van der Waals surface area contributed by atoms with Crippen LogP contribution in [0.1, 0.15) is 22.5 Å². The fraction of sp³-hybridized carbons (Fsp3) is 0.333. The Kier molecular flexibility index (Phi) is 7.49. The van der Waals surface area contributed by atoms with E-state index in [1.165, 1.54) is 22.2 Å². The van der Waals surface area contributed by atoms with Crippen LogP contribution in [-0.2, 0) is 6.54 Å². The van der Waals surface area contributed by atoms with Gasteiger partial charge in [0.15, 0.2) is 5.96 Å². The topological polar surface area (TPSA) is 70.4 Å². The minimum Gasteiger partial charge on any atom is -0.356 e. The average molecular weight is 398 g/mol. The second-order valence-corrected chi connectivity index (χ2v) is 7.38. The number of benzene rings is 1. The molecule has 3 aromatic rings. The summed E-state index contributed by atoms with van der Waals surface area (Å²) in [5.41, 5.74) is 1.27. The Morgan fingerprint density at radius 3 is 2.57 bits per heavy atom. The molecule has 0 spiro atoms. The molecule has 0 saturated heterocycles. The molecule has 0 bridgehead atoms. The van der Waals surface area contributed by atoms with Crippen molar-refractivity contribution < 1.29 is 4.79 Å². The molecule has 28 heavy (non-hydrogen) atoms. The summed E-state index contributed by atoms with van der Waals surface area (Å²) in [4.78, 5) is 16.9. The van der Waals surface area contributed by atoms with Gasteiger partial charge in [-0.25, -0.2) is 0 Å². The lowest BCUT2D eigenvalue weighted by atomic mass is 10.2. The monoisotopic (exact) mass is 397 g/mol. The molecule has 0 aliphatic heterocycles. The molecule has 3 N–H and O–H groups in total. The zero-order valence-corrected chi connectivity index (χ0v) is 17.0. The third-order valence-corrected chi connectivity index (χ3v) is 5.32. The van der Waals surface area contributed by atoms with Crippen LogP contribution >= 0.6 is 11.3 Å². The number of aryl methyl sites for hydroxylation is 1. The van der Waals surface area contributed by atoms with Crippen LogP contribution in [0.2, 0.25) is 0 Å². The standard InChI is InChI=1S/C21H27N5OS/c1-22-21(24-12-5-11-23-20(27)19-9-4-16-28-19)25-13-6-14-26-15-10-17-7-2-3-8-18(17)26/h2-4,7-10,15-16H,5-6,11-14H2,1H3,(H,23,27)(H2,22,24,25). The Bertz CT molecular complexity index is 901. The van der Waals surface area contributed by atoms with E-state index in [1.807, 2.05) is 17.5 Å². The molecule has 0 aliphatic carbocycles. The average Bonchev–Trinajstić information content (AvgIpc) is 3.39. The van der Waals surface area contributed by atoms with Crippen molar-refractivity contribution >= 4 is 34.1 Å². The molecule has 1 amide bonds. The first kappa shape index (κ1) is 19.9. The number of rotatable bonds is 9. The summed E-state index contributed by atoms with van der Waals surface area (Å²) in [6.07, 6.45) is 3.99. The van der Waals surface area contributed by atoms with E-state index in [9.17, 15) is 4.79 Å². The minimum atomic E-state index is -0.00459. The lowest BCUT2D eigenvalue weighted by Crippen LogP contribution is -2.39. The summed E-state index contributed by atoms with van der Waals surface area (Å²) in [7, 11) is 1.77. The number of carbonyl (C=O) groups is 1. The quantitative estimate of drug-likeness (QED) is 0.295. The maximum absolute atomic E-state index is 11.9. The fourth-order valence-corrected chi connectivity index (χ4v) is 3.64. The molecule has 7 heteroatoms. The number of para-hydroxylation sites is 1. The molecule has 1 aromatic carbocycles. The van der Waals surface area contributed by atoms with Gasteiger partial charge in [0.2, 0.25) is 0 Å². The highest BCUT2D eigenvalue weighted by Gasteiger charge is 2.05. The number of nitrogens with one attached hydrogen (secondary N) is 3. The Hall–Kier alpha value is -2.80. The van der Waals surface area contributed by atoms with Crippen LogP contribution in [0.5, 0.6) is 0 Å². The van der Waals surface area contributed by atoms with E-state index in [-0.39, 0.29) is 5.91 Å². The van der Waals surface area contributed by atoms with Crippen molar-refractivity contribution in [1.82, 2.24) is 20.5 Å². The van der Waals surface area contributed by atoms with E-state index in [0.29, 0.717) is 6.54 Å². The number of thiophene rings is 1.